The highest BCUT2D eigenvalue weighted by atomic mass is 35.5. The first kappa shape index (κ1) is 16.8. The number of fused-ring (bicyclic) bond motifs is 1. The molecule has 0 radical (unpaired) electrons. The van der Waals surface area contributed by atoms with Gasteiger partial charge in [-0.1, -0.05) is 29.8 Å². The number of para-hydroxylation sites is 1. The lowest BCUT2D eigenvalue weighted by molar-refractivity contribution is 0.0747. The second kappa shape index (κ2) is 6.92. The van der Waals surface area contributed by atoms with Gasteiger partial charge in [0.05, 0.1) is 11.1 Å². The smallest absolute Gasteiger partial charge is 0.257 e. The molecule has 0 N–H and O–H groups in total. The lowest BCUT2D eigenvalue weighted by atomic mass is 10.1. The van der Waals surface area contributed by atoms with Gasteiger partial charge in [0.15, 0.2) is 0 Å². The van der Waals surface area contributed by atoms with Crippen LogP contribution in [0.15, 0.2) is 54.6 Å². The number of benzene rings is 2. The maximum absolute atomic E-state index is 13.3. The summed E-state index contributed by atoms with van der Waals surface area (Å²) in [5, 5.41) is 0.806. The highest BCUT2D eigenvalue weighted by molar-refractivity contribution is 6.33. The number of nitrogens with zero attached hydrogens (tertiary/aromatic N) is 3. The third-order valence-corrected chi connectivity index (χ3v) is 4.94. The minimum atomic E-state index is -0.378. The summed E-state index contributed by atoms with van der Waals surface area (Å²) >= 11 is 6.20. The van der Waals surface area contributed by atoms with Gasteiger partial charge in [-0.3, -0.25) is 4.79 Å². The van der Waals surface area contributed by atoms with Crippen molar-refractivity contribution >= 4 is 34.1 Å². The van der Waals surface area contributed by atoms with Crippen LogP contribution < -0.4 is 4.90 Å². The quantitative estimate of drug-likeness (QED) is 0.641. The zero-order chi connectivity index (χ0) is 18.1. The van der Waals surface area contributed by atoms with Crippen molar-refractivity contribution in [2.75, 3.05) is 31.1 Å². The molecule has 0 spiro atoms. The van der Waals surface area contributed by atoms with Crippen LogP contribution in [0.4, 0.5) is 10.1 Å². The van der Waals surface area contributed by atoms with Crippen molar-refractivity contribution in [3.8, 4) is 0 Å². The fourth-order valence-electron chi connectivity index (χ4n) is 3.24. The highest BCUT2D eigenvalue weighted by Gasteiger charge is 2.24. The minimum absolute atomic E-state index is 0.110. The van der Waals surface area contributed by atoms with Crippen molar-refractivity contribution in [3.05, 3.63) is 71.1 Å². The molecule has 2 heterocycles. The van der Waals surface area contributed by atoms with Gasteiger partial charge in [-0.25, -0.2) is 9.37 Å². The highest BCUT2D eigenvalue weighted by Crippen LogP contribution is 2.24. The molecule has 0 unspecified atom stereocenters. The van der Waals surface area contributed by atoms with Crippen LogP contribution in [0.2, 0.25) is 5.15 Å². The maximum Gasteiger partial charge on any atom is 0.257 e. The molecule has 6 heteroatoms. The second-order valence-electron chi connectivity index (χ2n) is 6.28. The first-order valence-electron chi connectivity index (χ1n) is 8.47. The van der Waals surface area contributed by atoms with E-state index in [2.05, 4.69) is 22.0 Å². The first-order chi connectivity index (χ1) is 12.6. The van der Waals surface area contributed by atoms with Gasteiger partial charge in [0, 0.05) is 43.3 Å². The molecule has 132 valence electrons. The molecule has 0 bridgehead atoms. The van der Waals surface area contributed by atoms with Gasteiger partial charge < -0.3 is 9.80 Å². The number of hydrogen-bond donors (Lipinski definition) is 0. The number of anilines is 1. The van der Waals surface area contributed by atoms with E-state index in [-0.39, 0.29) is 16.9 Å². The number of amides is 1. The Kier molecular flexibility index (Phi) is 4.47. The monoisotopic (exact) mass is 369 g/mol. The van der Waals surface area contributed by atoms with Crippen molar-refractivity contribution in [1.29, 1.82) is 0 Å². The molecule has 1 amide bonds. The van der Waals surface area contributed by atoms with E-state index in [4.69, 9.17) is 11.6 Å². The number of aromatic nitrogens is 1. The van der Waals surface area contributed by atoms with Crippen LogP contribution in [0.5, 0.6) is 0 Å². The molecule has 4 rings (SSSR count). The van der Waals surface area contributed by atoms with Gasteiger partial charge >= 0.3 is 0 Å². The summed E-state index contributed by atoms with van der Waals surface area (Å²) in [6.45, 7) is 2.76. The summed E-state index contributed by atoms with van der Waals surface area (Å²) in [7, 11) is 0. The zero-order valence-electron chi connectivity index (χ0n) is 14.0. The summed E-state index contributed by atoms with van der Waals surface area (Å²) in [6.07, 6.45) is 0. The van der Waals surface area contributed by atoms with Crippen LogP contribution in [0, 0.1) is 5.82 Å². The van der Waals surface area contributed by atoms with Crippen molar-refractivity contribution in [1.82, 2.24) is 9.88 Å². The standard InChI is InChI=1S/C20H17ClFN3O/c21-19-17(12-14-6-7-15(22)13-18(14)23-19)20(26)25-10-8-24(9-11-25)16-4-2-1-3-5-16/h1-7,12-13H,8-11H2. The van der Waals surface area contributed by atoms with Crippen molar-refractivity contribution < 1.29 is 9.18 Å². The molecule has 0 atom stereocenters. The van der Waals surface area contributed by atoms with Gasteiger partial charge in [-0.15, -0.1) is 0 Å². The number of rotatable bonds is 2. The zero-order valence-corrected chi connectivity index (χ0v) is 14.8. The molecule has 4 nitrogen and oxygen atoms in total. The molecule has 3 aromatic rings. The van der Waals surface area contributed by atoms with E-state index in [0.717, 1.165) is 18.8 Å². The summed E-state index contributed by atoms with van der Waals surface area (Å²) in [6, 6.07) is 16.1. The number of pyridine rings is 1. The van der Waals surface area contributed by atoms with Gasteiger partial charge in [-0.2, -0.15) is 0 Å². The number of halogens is 2. The Morgan fingerprint density at radius 1 is 1.00 bits per heavy atom. The Morgan fingerprint density at radius 2 is 1.73 bits per heavy atom. The van der Waals surface area contributed by atoms with Gasteiger partial charge in [0.25, 0.3) is 5.91 Å². The Bertz CT molecular complexity index is 956. The molecular weight excluding hydrogens is 353 g/mol. The summed E-state index contributed by atoms with van der Waals surface area (Å²) in [5.41, 5.74) is 1.96. The summed E-state index contributed by atoms with van der Waals surface area (Å²) in [4.78, 5) is 21.1. The Labute approximate surface area is 155 Å². The molecule has 2 aromatic carbocycles. The van der Waals surface area contributed by atoms with Gasteiger partial charge in [0.2, 0.25) is 0 Å². The van der Waals surface area contributed by atoms with Crippen molar-refractivity contribution in [3.63, 3.8) is 0 Å². The fraction of sp³-hybridized carbons (Fsp3) is 0.200. The topological polar surface area (TPSA) is 36.4 Å². The summed E-state index contributed by atoms with van der Waals surface area (Å²) < 4.78 is 13.3. The predicted molar refractivity (Wildman–Crippen MR) is 101 cm³/mol. The molecule has 0 saturated carbocycles. The van der Waals surface area contributed by atoms with E-state index < -0.39 is 0 Å². The fourth-order valence-corrected chi connectivity index (χ4v) is 3.47. The van der Waals surface area contributed by atoms with E-state index in [9.17, 15) is 9.18 Å². The molecular formula is C20H17ClFN3O. The van der Waals surface area contributed by atoms with E-state index in [1.54, 1.807) is 17.0 Å². The van der Waals surface area contributed by atoms with E-state index in [0.29, 0.717) is 29.6 Å². The average molecular weight is 370 g/mol. The van der Waals surface area contributed by atoms with Crippen LogP contribution >= 0.6 is 11.6 Å². The van der Waals surface area contributed by atoms with Crippen LogP contribution in [0.3, 0.4) is 0 Å². The molecule has 1 saturated heterocycles. The molecule has 26 heavy (non-hydrogen) atoms. The number of carbonyl (C=O) groups is 1. The Hall–Kier alpha value is -2.66. The lowest BCUT2D eigenvalue weighted by Gasteiger charge is -2.36. The number of carbonyl (C=O) groups excluding carboxylic acids is 1. The van der Waals surface area contributed by atoms with Crippen LogP contribution in [0.25, 0.3) is 10.9 Å². The van der Waals surface area contributed by atoms with E-state index in [1.807, 2.05) is 18.2 Å². The average Bonchev–Trinajstić information content (AvgIpc) is 2.68. The predicted octanol–water partition coefficient (Wildman–Crippen LogP) is 3.99. The van der Waals surface area contributed by atoms with E-state index in [1.165, 1.54) is 12.1 Å². The largest absolute Gasteiger partial charge is 0.368 e. The third kappa shape index (κ3) is 3.22. The SMILES string of the molecule is O=C(c1cc2ccc(F)cc2nc1Cl)N1CCN(c2ccccc2)CC1. The number of hydrogen-bond acceptors (Lipinski definition) is 3. The normalized spacial score (nSPS) is 14.7. The van der Waals surface area contributed by atoms with Crippen molar-refractivity contribution in [2.45, 2.75) is 0 Å². The molecule has 0 aliphatic carbocycles. The van der Waals surface area contributed by atoms with Crippen LogP contribution in [-0.2, 0) is 0 Å². The van der Waals surface area contributed by atoms with Gasteiger partial charge in [-0.05, 0) is 30.3 Å². The molecule has 1 aromatic heterocycles. The molecule has 1 aliphatic rings. The summed E-state index contributed by atoms with van der Waals surface area (Å²) in [5.74, 6) is -0.515. The Balaban J connectivity index is 1.52. The molecule has 1 aliphatic heterocycles. The van der Waals surface area contributed by atoms with Crippen LogP contribution in [-0.4, -0.2) is 42.0 Å². The van der Waals surface area contributed by atoms with E-state index >= 15 is 0 Å². The van der Waals surface area contributed by atoms with Crippen LogP contribution in [0.1, 0.15) is 10.4 Å². The third-order valence-electron chi connectivity index (χ3n) is 4.65. The number of piperazine rings is 1. The minimum Gasteiger partial charge on any atom is -0.368 e. The lowest BCUT2D eigenvalue weighted by Crippen LogP contribution is -2.48. The Morgan fingerprint density at radius 3 is 2.46 bits per heavy atom. The van der Waals surface area contributed by atoms with Crippen molar-refractivity contribution in [2.24, 2.45) is 0 Å². The first-order valence-corrected chi connectivity index (χ1v) is 8.85. The second-order valence-corrected chi connectivity index (χ2v) is 6.64. The van der Waals surface area contributed by atoms with Gasteiger partial charge in [0.1, 0.15) is 11.0 Å². The molecule has 1 fully saturated rings. The maximum atomic E-state index is 13.3.